The van der Waals surface area contributed by atoms with Gasteiger partial charge in [0.1, 0.15) is 0 Å². The van der Waals surface area contributed by atoms with Crippen LogP contribution in [0.2, 0.25) is 0 Å². The topological polar surface area (TPSA) is 15.3 Å². The van der Waals surface area contributed by atoms with Crippen LogP contribution in [0.5, 0.6) is 0 Å². The van der Waals surface area contributed by atoms with E-state index in [1.54, 1.807) is 0 Å². The van der Waals surface area contributed by atoms with Crippen molar-refractivity contribution in [2.75, 3.05) is 18.0 Å². The lowest BCUT2D eigenvalue weighted by Gasteiger charge is -2.31. The molecule has 1 aromatic carbocycles. The molecule has 0 aromatic heterocycles. The summed E-state index contributed by atoms with van der Waals surface area (Å²) in [5.41, 5.74) is 2.88. The largest absolute Gasteiger partial charge is 0.371 e. The smallest absolute Gasteiger partial charge is 0.0423 e. The number of halogens is 1. The van der Waals surface area contributed by atoms with Gasteiger partial charge in [0.05, 0.1) is 0 Å². The number of hydrogen-bond acceptors (Lipinski definition) is 2. The molecule has 1 N–H and O–H groups in total. The van der Waals surface area contributed by atoms with Crippen molar-refractivity contribution >= 4 is 21.6 Å². The van der Waals surface area contributed by atoms with Gasteiger partial charge in [0.25, 0.3) is 0 Å². The second-order valence-corrected chi connectivity index (χ2v) is 6.39. The molecule has 2 aliphatic rings. The third-order valence-corrected chi connectivity index (χ3v) is 4.40. The van der Waals surface area contributed by atoms with E-state index in [0.717, 1.165) is 12.6 Å². The lowest BCUT2D eigenvalue weighted by Crippen LogP contribution is -2.31. The molecule has 0 spiro atoms. The maximum atomic E-state index is 3.63. The Morgan fingerprint density at radius 2 is 1.94 bits per heavy atom. The highest BCUT2D eigenvalue weighted by atomic mass is 79.9. The first-order valence-electron chi connectivity index (χ1n) is 7.10. The summed E-state index contributed by atoms with van der Waals surface area (Å²) in [4.78, 5) is 2.55. The molecule has 3 rings (SSSR count). The van der Waals surface area contributed by atoms with Gasteiger partial charge in [-0.05, 0) is 49.8 Å². The molecule has 1 aliphatic heterocycles. The summed E-state index contributed by atoms with van der Waals surface area (Å²) in [7, 11) is 0. The summed E-state index contributed by atoms with van der Waals surface area (Å²) in [5, 5.41) is 3.63. The molecule has 1 saturated carbocycles. The van der Waals surface area contributed by atoms with Crippen LogP contribution in [0.4, 0.5) is 5.69 Å². The maximum Gasteiger partial charge on any atom is 0.0423 e. The minimum atomic E-state index is 0.780. The van der Waals surface area contributed by atoms with Crippen LogP contribution in [-0.4, -0.2) is 19.1 Å². The molecule has 0 bridgehead atoms. The fourth-order valence-corrected chi connectivity index (χ4v) is 3.01. The third-order valence-electron chi connectivity index (χ3n) is 3.90. The SMILES string of the molecule is Brc1ccc(CNC2CC2)c(N2CCCCC2)c1. The van der Waals surface area contributed by atoms with Crippen LogP contribution in [-0.2, 0) is 6.54 Å². The average Bonchev–Trinajstić information content (AvgIpc) is 3.22. The Bertz CT molecular complexity index is 409. The Kier molecular flexibility index (Phi) is 3.90. The van der Waals surface area contributed by atoms with Crippen LogP contribution in [0.3, 0.4) is 0 Å². The van der Waals surface area contributed by atoms with Crippen molar-refractivity contribution in [1.29, 1.82) is 0 Å². The third kappa shape index (κ3) is 3.07. The van der Waals surface area contributed by atoms with E-state index < -0.39 is 0 Å². The molecule has 3 heteroatoms. The Morgan fingerprint density at radius 1 is 1.17 bits per heavy atom. The first-order chi connectivity index (χ1) is 8.83. The van der Waals surface area contributed by atoms with Crippen molar-refractivity contribution < 1.29 is 0 Å². The van der Waals surface area contributed by atoms with Gasteiger partial charge in [0.2, 0.25) is 0 Å². The molecule has 18 heavy (non-hydrogen) atoms. The summed E-state index contributed by atoms with van der Waals surface area (Å²) in [6.45, 7) is 3.45. The lowest BCUT2D eigenvalue weighted by atomic mass is 10.1. The normalized spacial score (nSPS) is 20.2. The Hall–Kier alpha value is -0.540. The number of nitrogens with one attached hydrogen (secondary N) is 1. The van der Waals surface area contributed by atoms with Gasteiger partial charge >= 0.3 is 0 Å². The summed E-state index contributed by atoms with van der Waals surface area (Å²) in [5.74, 6) is 0. The lowest BCUT2D eigenvalue weighted by molar-refractivity contribution is 0.574. The molecule has 1 saturated heterocycles. The summed E-state index contributed by atoms with van der Waals surface area (Å²) in [6, 6.07) is 7.50. The van der Waals surface area contributed by atoms with Gasteiger partial charge < -0.3 is 10.2 Å². The minimum absolute atomic E-state index is 0.780. The molecule has 0 atom stereocenters. The molecule has 0 radical (unpaired) electrons. The molecule has 1 heterocycles. The van der Waals surface area contributed by atoms with E-state index in [1.165, 1.54) is 60.9 Å². The molecular formula is C15H21BrN2. The number of hydrogen-bond donors (Lipinski definition) is 1. The first-order valence-corrected chi connectivity index (χ1v) is 7.89. The van der Waals surface area contributed by atoms with Gasteiger partial charge in [-0.1, -0.05) is 22.0 Å². The molecule has 1 aromatic rings. The predicted octanol–water partition coefficient (Wildman–Crippen LogP) is 3.69. The molecule has 2 fully saturated rings. The van der Waals surface area contributed by atoms with Gasteiger partial charge in [-0.2, -0.15) is 0 Å². The highest BCUT2D eigenvalue weighted by Crippen LogP contribution is 2.28. The molecular weight excluding hydrogens is 288 g/mol. The minimum Gasteiger partial charge on any atom is -0.371 e. The Balaban J connectivity index is 1.77. The van der Waals surface area contributed by atoms with E-state index in [2.05, 4.69) is 44.3 Å². The Morgan fingerprint density at radius 3 is 2.67 bits per heavy atom. The summed E-state index contributed by atoms with van der Waals surface area (Å²) < 4.78 is 1.19. The van der Waals surface area contributed by atoms with Crippen LogP contribution in [0.1, 0.15) is 37.7 Å². The molecule has 0 unspecified atom stereocenters. The zero-order chi connectivity index (χ0) is 12.4. The predicted molar refractivity (Wildman–Crippen MR) is 80.1 cm³/mol. The molecule has 2 nitrogen and oxygen atoms in total. The van der Waals surface area contributed by atoms with Crippen LogP contribution in [0.25, 0.3) is 0 Å². The van der Waals surface area contributed by atoms with Gasteiger partial charge in [-0.25, -0.2) is 0 Å². The van der Waals surface area contributed by atoms with Crippen molar-refractivity contribution in [3.63, 3.8) is 0 Å². The molecule has 0 amide bonds. The highest BCUT2D eigenvalue weighted by molar-refractivity contribution is 9.10. The number of nitrogens with zero attached hydrogens (tertiary/aromatic N) is 1. The summed E-state index contributed by atoms with van der Waals surface area (Å²) >= 11 is 3.61. The summed E-state index contributed by atoms with van der Waals surface area (Å²) in [6.07, 6.45) is 6.77. The quantitative estimate of drug-likeness (QED) is 0.912. The highest BCUT2D eigenvalue weighted by Gasteiger charge is 2.21. The second-order valence-electron chi connectivity index (χ2n) is 5.48. The fourth-order valence-electron chi connectivity index (χ4n) is 2.66. The van der Waals surface area contributed by atoms with Gasteiger partial charge in [-0.3, -0.25) is 0 Å². The van der Waals surface area contributed by atoms with E-state index in [0.29, 0.717) is 0 Å². The van der Waals surface area contributed by atoms with E-state index >= 15 is 0 Å². The van der Waals surface area contributed by atoms with Crippen LogP contribution in [0.15, 0.2) is 22.7 Å². The van der Waals surface area contributed by atoms with Crippen molar-refractivity contribution in [3.05, 3.63) is 28.2 Å². The average molecular weight is 309 g/mol. The number of benzene rings is 1. The van der Waals surface area contributed by atoms with Crippen molar-refractivity contribution in [2.45, 2.75) is 44.7 Å². The van der Waals surface area contributed by atoms with Crippen molar-refractivity contribution in [2.24, 2.45) is 0 Å². The van der Waals surface area contributed by atoms with Crippen molar-refractivity contribution in [3.8, 4) is 0 Å². The molecule has 1 aliphatic carbocycles. The standard InChI is InChI=1S/C15H21BrN2/c16-13-5-4-12(11-17-14-6-7-14)15(10-13)18-8-2-1-3-9-18/h4-5,10,14,17H,1-3,6-9,11H2. The zero-order valence-electron chi connectivity index (χ0n) is 10.8. The number of anilines is 1. The monoisotopic (exact) mass is 308 g/mol. The zero-order valence-corrected chi connectivity index (χ0v) is 12.4. The molecule has 98 valence electrons. The number of rotatable bonds is 4. The van der Waals surface area contributed by atoms with Gasteiger partial charge in [0.15, 0.2) is 0 Å². The van der Waals surface area contributed by atoms with Crippen LogP contribution >= 0.6 is 15.9 Å². The second kappa shape index (κ2) is 5.62. The van der Waals surface area contributed by atoms with Gasteiger partial charge in [0, 0.05) is 35.8 Å². The Labute approximate surface area is 118 Å². The maximum absolute atomic E-state index is 3.63. The first kappa shape index (κ1) is 12.5. The fraction of sp³-hybridized carbons (Fsp3) is 0.600. The van der Waals surface area contributed by atoms with Crippen LogP contribution < -0.4 is 10.2 Å². The van der Waals surface area contributed by atoms with Crippen LogP contribution in [0, 0.1) is 0 Å². The van der Waals surface area contributed by atoms with E-state index in [4.69, 9.17) is 0 Å². The van der Waals surface area contributed by atoms with Crippen molar-refractivity contribution in [1.82, 2.24) is 5.32 Å². The number of piperidine rings is 1. The van der Waals surface area contributed by atoms with E-state index in [-0.39, 0.29) is 0 Å². The van der Waals surface area contributed by atoms with E-state index in [1.807, 2.05) is 0 Å². The van der Waals surface area contributed by atoms with Gasteiger partial charge in [-0.15, -0.1) is 0 Å². The van der Waals surface area contributed by atoms with E-state index in [9.17, 15) is 0 Å².